The molecular weight excluding hydrogens is 334 g/mol. The number of rotatable bonds is 3. The van der Waals surface area contributed by atoms with E-state index >= 15 is 0 Å². The molecule has 0 spiro atoms. The summed E-state index contributed by atoms with van der Waals surface area (Å²) in [7, 11) is 0. The maximum atomic E-state index is 10.6. The Bertz CT molecular complexity index is 815. The van der Waals surface area contributed by atoms with Crippen molar-refractivity contribution in [2.24, 2.45) is 0 Å². The fourth-order valence-electron chi connectivity index (χ4n) is 2.03. The highest BCUT2D eigenvalue weighted by molar-refractivity contribution is 9.10. The monoisotopic (exact) mass is 343 g/mol. The van der Waals surface area contributed by atoms with Crippen LogP contribution in [0.3, 0.4) is 0 Å². The molecule has 3 aromatic rings. The lowest BCUT2D eigenvalue weighted by Crippen LogP contribution is -1.88. The molecule has 0 unspecified atom stereocenters. The van der Waals surface area contributed by atoms with Crippen LogP contribution in [-0.2, 0) is 0 Å². The van der Waals surface area contributed by atoms with E-state index in [1.54, 1.807) is 12.1 Å². The Hall–Kier alpha value is -2.40. The minimum Gasteiger partial charge on any atom is -0.457 e. The average Bonchev–Trinajstić information content (AvgIpc) is 2.48. The summed E-state index contributed by atoms with van der Waals surface area (Å²) in [5.74, 6) is 1.26. The molecule has 3 rings (SSSR count). The number of ether oxygens (including phenoxy) is 1. The summed E-state index contributed by atoms with van der Waals surface area (Å²) in [4.78, 5) is 10.2. The molecule has 0 aliphatic carbocycles. The Balaban J connectivity index is 1.87. The molecule has 0 radical (unpaired) electrons. The molecular formula is C16H10BrNO3. The SMILES string of the molecule is O=[N+]([O-])c1ccc(Oc2ccc3cc(Br)ccc3c2)cc1. The second-order valence-corrected chi connectivity index (χ2v) is 5.42. The van der Waals surface area contributed by atoms with Gasteiger partial charge in [0.1, 0.15) is 11.5 Å². The molecule has 104 valence electrons. The van der Waals surface area contributed by atoms with E-state index in [9.17, 15) is 10.1 Å². The van der Waals surface area contributed by atoms with Crippen molar-refractivity contribution in [3.63, 3.8) is 0 Å². The van der Waals surface area contributed by atoms with Crippen LogP contribution in [0.25, 0.3) is 10.8 Å². The first kappa shape index (κ1) is 13.6. The van der Waals surface area contributed by atoms with Crippen LogP contribution in [0.1, 0.15) is 0 Å². The van der Waals surface area contributed by atoms with Gasteiger partial charge in [-0.2, -0.15) is 0 Å². The van der Waals surface area contributed by atoms with Crippen LogP contribution in [0.4, 0.5) is 5.69 Å². The normalized spacial score (nSPS) is 10.5. The van der Waals surface area contributed by atoms with E-state index in [-0.39, 0.29) is 5.69 Å². The fraction of sp³-hybridized carbons (Fsp3) is 0. The number of halogens is 1. The number of non-ortho nitro benzene ring substituents is 1. The molecule has 0 aliphatic heterocycles. The summed E-state index contributed by atoms with van der Waals surface area (Å²) in [5, 5.41) is 12.8. The van der Waals surface area contributed by atoms with E-state index in [1.165, 1.54) is 12.1 Å². The molecule has 0 heterocycles. The minimum atomic E-state index is -0.433. The molecule has 0 aliphatic rings. The smallest absolute Gasteiger partial charge is 0.269 e. The Labute approximate surface area is 129 Å². The Morgan fingerprint density at radius 1 is 0.857 bits per heavy atom. The number of benzene rings is 3. The van der Waals surface area contributed by atoms with Crippen LogP contribution >= 0.6 is 15.9 Å². The van der Waals surface area contributed by atoms with E-state index in [2.05, 4.69) is 15.9 Å². The second-order valence-electron chi connectivity index (χ2n) is 4.51. The topological polar surface area (TPSA) is 52.4 Å². The van der Waals surface area contributed by atoms with Gasteiger partial charge in [0.2, 0.25) is 0 Å². The molecule has 3 aromatic carbocycles. The third kappa shape index (κ3) is 3.03. The second kappa shape index (κ2) is 5.54. The molecule has 0 bridgehead atoms. The van der Waals surface area contributed by atoms with E-state index in [4.69, 9.17) is 4.74 Å². The predicted octanol–water partition coefficient (Wildman–Crippen LogP) is 5.30. The van der Waals surface area contributed by atoms with E-state index in [0.717, 1.165) is 15.2 Å². The highest BCUT2D eigenvalue weighted by Gasteiger charge is 2.05. The molecule has 0 atom stereocenters. The zero-order valence-electron chi connectivity index (χ0n) is 10.8. The van der Waals surface area contributed by atoms with Gasteiger partial charge in [-0.15, -0.1) is 0 Å². The molecule has 5 heteroatoms. The van der Waals surface area contributed by atoms with Gasteiger partial charge < -0.3 is 4.74 Å². The van der Waals surface area contributed by atoms with E-state index < -0.39 is 4.92 Å². The van der Waals surface area contributed by atoms with Gasteiger partial charge in [0.15, 0.2) is 0 Å². The van der Waals surface area contributed by atoms with Gasteiger partial charge in [0, 0.05) is 16.6 Å². The third-order valence-electron chi connectivity index (χ3n) is 3.06. The predicted molar refractivity (Wildman–Crippen MR) is 84.8 cm³/mol. The Morgan fingerprint density at radius 2 is 1.48 bits per heavy atom. The quantitative estimate of drug-likeness (QED) is 0.478. The highest BCUT2D eigenvalue weighted by Crippen LogP contribution is 2.28. The number of nitrogens with zero attached hydrogens (tertiary/aromatic N) is 1. The lowest BCUT2D eigenvalue weighted by atomic mass is 10.1. The number of hydrogen-bond donors (Lipinski definition) is 0. The highest BCUT2D eigenvalue weighted by atomic mass is 79.9. The zero-order valence-corrected chi connectivity index (χ0v) is 12.4. The lowest BCUT2D eigenvalue weighted by molar-refractivity contribution is -0.384. The van der Waals surface area contributed by atoms with Gasteiger partial charge in [0.05, 0.1) is 4.92 Å². The van der Waals surface area contributed by atoms with Crippen LogP contribution in [0, 0.1) is 10.1 Å². The van der Waals surface area contributed by atoms with Crippen molar-refractivity contribution in [1.82, 2.24) is 0 Å². The minimum absolute atomic E-state index is 0.0470. The molecule has 0 aromatic heterocycles. The van der Waals surface area contributed by atoms with Crippen molar-refractivity contribution in [2.75, 3.05) is 0 Å². The first-order valence-electron chi connectivity index (χ1n) is 6.23. The van der Waals surface area contributed by atoms with Crippen molar-refractivity contribution < 1.29 is 9.66 Å². The summed E-state index contributed by atoms with van der Waals surface area (Å²) in [5.41, 5.74) is 0.0470. The zero-order chi connectivity index (χ0) is 14.8. The molecule has 21 heavy (non-hydrogen) atoms. The van der Waals surface area contributed by atoms with Gasteiger partial charge in [-0.3, -0.25) is 10.1 Å². The number of hydrogen-bond acceptors (Lipinski definition) is 3. The summed E-state index contributed by atoms with van der Waals surface area (Å²) in [6, 6.07) is 17.8. The van der Waals surface area contributed by atoms with Gasteiger partial charge >= 0.3 is 0 Å². The maximum Gasteiger partial charge on any atom is 0.269 e. The van der Waals surface area contributed by atoms with Gasteiger partial charge in [-0.05, 0) is 47.2 Å². The first-order valence-corrected chi connectivity index (χ1v) is 7.03. The van der Waals surface area contributed by atoms with Crippen molar-refractivity contribution in [3.05, 3.63) is 75.3 Å². The standard InChI is InChI=1S/C16H10BrNO3/c17-13-3-1-12-10-16(6-2-11(12)9-13)21-15-7-4-14(5-8-15)18(19)20/h1-10H. The van der Waals surface area contributed by atoms with Crippen LogP contribution in [0.5, 0.6) is 11.5 Å². The number of nitro groups is 1. The molecule has 0 saturated heterocycles. The molecule has 0 amide bonds. The number of fused-ring (bicyclic) bond motifs is 1. The largest absolute Gasteiger partial charge is 0.457 e. The molecule has 0 fully saturated rings. The van der Waals surface area contributed by atoms with Crippen molar-refractivity contribution in [3.8, 4) is 11.5 Å². The van der Waals surface area contributed by atoms with Crippen molar-refractivity contribution in [1.29, 1.82) is 0 Å². The van der Waals surface area contributed by atoms with Crippen molar-refractivity contribution in [2.45, 2.75) is 0 Å². The number of nitro benzene ring substituents is 1. The van der Waals surface area contributed by atoms with Gasteiger partial charge in [-0.1, -0.05) is 28.1 Å². The first-order chi connectivity index (χ1) is 10.1. The summed E-state index contributed by atoms with van der Waals surface area (Å²) < 4.78 is 6.74. The summed E-state index contributed by atoms with van der Waals surface area (Å²) in [6.07, 6.45) is 0. The lowest BCUT2D eigenvalue weighted by Gasteiger charge is -2.07. The van der Waals surface area contributed by atoms with E-state index in [1.807, 2.05) is 36.4 Å². The maximum absolute atomic E-state index is 10.6. The van der Waals surface area contributed by atoms with Gasteiger partial charge in [0.25, 0.3) is 5.69 Å². The summed E-state index contributed by atoms with van der Waals surface area (Å²) in [6.45, 7) is 0. The van der Waals surface area contributed by atoms with Crippen LogP contribution < -0.4 is 4.74 Å². The molecule has 4 nitrogen and oxygen atoms in total. The van der Waals surface area contributed by atoms with Crippen LogP contribution in [0.2, 0.25) is 0 Å². The van der Waals surface area contributed by atoms with Crippen molar-refractivity contribution >= 4 is 32.4 Å². The average molecular weight is 344 g/mol. The Kier molecular flexibility index (Phi) is 3.58. The Morgan fingerprint density at radius 3 is 2.19 bits per heavy atom. The van der Waals surface area contributed by atoms with Crippen LogP contribution in [0.15, 0.2) is 65.1 Å². The fourth-order valence-corrected chi connectivity index (χ4v) is 2.41. The van der Waals surface area contributed by atoms with Crippen LogP contribution in [-0.4, -0.2) is 4.92 Å². The molecule has 0 N–H and O–H groups in total. The van der Waals surface area contributed by atoms with E-state index in [0.29, 0.717) is 11.5 Å². The molecule has 0 saturated carbocycles. The summed E-state index contributed by atoms with van der Waals surface area (Å²) >= 11 is 3.44. The third-order valence-corrected chi connectivity index (χ3v) is 3.55. The van der Waals surface area contributed by atoms with Gasteiger partial charge in [-0.25, -0.2) is 0 Å².